The van der Waals surface area contributed by atoms with Crippen LogP contribution in [0.5, 0.6) is 0 Å². The van der Waals surface area contributed by atoms with Crippen molar-refractivity contribution < 1.29 is 0 Å². The van der Waals surface area contributed by atoms with Crippen LogP contribution in [0.25, 0.3) is 0 Å². The van der Waals surface area contributed by atoms with Gasteiger partial charge in [0.05, 0.1) is 0 Å². The molecular formula is C16H34ClN. The van der Waals surface area contributed by atoms with E-state index in [1.807, 2.05) is 0 Å². The zero-order valence-electron chi connectivity index (χ0n) is 13.0. The molecule has 1 N–H and O–H groups in total. The van der Waals surface area contributed by atoms with Crippen molar-refractivity contribution in [3.8, 4) is 0 Å². The Morgan fingerprint density at radius 1 is 0.944 bits per heavy atom. The highest BCUT2D eigenvalue weighted by molar-refractivity contribution is 6.17. The van der Waals surface area contributed by atoms with Crippen LogP contribution in [0, 0.1) is 5.41 Å². The van der Waals surface area contributed by atoms with E-state index < -0.39 is 0 Å². The van der Waals surface area contributed by atoms with Gasteiger partial charge in [0.15, 0.2) is 0 Å². The first-order valence-corrected chi connectivity index (χ1v) is 8.35. The third kappa shape index (κ3) is 10.2. The van der Waals surface area contributed by atoms with E-state index in [9.17, 15) is 0 Å². The summed E-state index contributed by atoms with van der Waals surface area (Å²) in [6.07, 6.45) is 10.7. The van der Waals surface area contributed by atoms with Gasteiger partial charge in [-0.1, -0.05) is 66.2 Å². The Morgan fingerprint density at radius 2 is 1.50 bits per heavy atom. The van der Waals surface area contributed by atoms with Crippen LogP contribution in [-0.4, -0.2) is 18.5 Å². The summed E-state index contributed by atoms with van der Waals surface area (Å²) in [5.74, 6) is 0.756. The molecule has 0 saturated heterocycles. The minimum atomic E-state index is 0.315. The summed E-state index contributed by atoms with van der Waals surface area (Å²) in [5.41, 5.74) is 0.315. The van der Waals surface area contributed by atoms with Gasteiger partial charge in [-0.2, -0.15) is 0 Å². The van der Waals surface area contributed by atoms with Gasteiger partial charge in [0, 0.05) is 11.9 Å². The summed E-state index contributed by atoms with van der Waals surface area (Å²) in [6, 6.07) is 0.551. The summed E-state index contributed by atoms with van der Waals surface area (Å²) in [4.78, 5) is 0. The molecule has 0 aliphatic heterocycles. The van der Waals surface area contributed by atoms with Gasteiger partial charge in [-0.25, -0.2) is 0 Å². The number of hydrogen-bond acceptors (Lipinski definition) is 1. The van der Waals surface area contributed by atoms with E-state index in [4.69, 9.17) is 11.6 Å². The molecule has 0 aliphatic carbocycles. The minimum Gasteiger partial charge on any atom is -0.313 e. The maximum absolute atomic E-state index is 5.87. The van der Waals surface area contributed by atoms with Crippen molar-refractivity contribution in [1.29, 1.82) is 0 Å². The van der Waals surface area contributed by atoms with Gasteiger partial charge in [-0.3, -0.25) is 0 Å². The fourth-order valence-corrected chi connectivity index (χ4v) is 2.53. The van der Waals surface area contributed by atoms with Crippen LogP contribution in [0.4, 0.5) is 0 Å². The van der Waals surface area contributed by atoms with Crippen molar-refractivity contribution in [3.63, 3.8) is 0 Å². The fraction of sp³-hybridized carbons (Fsp3) is 1.00. The normalized spacial score (nSPS) is 13.8. The number of alkyl halides is 1. The Morgan fingerprint density at radius 3 is 2.00 bits per heavy atom. The highest BCUT2D eigenvalue weighted by Crippen LogP contribution is 2.22. The second kappa shape index (κ2) is 11.1. The lowest BCUT2D eigenvalue weighted by Gasteiger charge is -2.31. The van der Waals surface area contributed by atoms with E-state index in [0.717, 1.165) is 18.8 Å². The first-order valence-electron chi connectivity index (χ1n) is 7.81. The molecule has 0 aromatic rings. The van der Waals surface area contributed by atoms with Crippen molar-refractivity contribution >= 4 is 11.6 Å². The average Bonchev–Trinajstić information content (AvgIpc) is 2.30. The van der Waals surface area contributed by atoms with Gasteiger partial charge in [-0.15, -0.1) is 11.6 Å². The molecule has 0 aromatic carbocycles. The van der Waals surface area contributed by atoms with Gasteiger partial charge in [-0.05, 0) is 24.8 Å². The van der Waals surface area contributed by atoms with Gasteiger partial charge >= 0.3 is 0 Å². The van der Waals surface area contributed by atoms with Crippen molar-refractivity contribution in [2.45, 2.75) is 85.1 Å². The molecule has 0 spiro atoms. The van der Waals surface area contributed by atoms with E-state index >= 15 is 0 Å². The van der Waals surface area contributed by atoms with E-state index in [-0.39, 0.29) is 0 Å². The first-order chi connectivity index (χ1) is 8.52. The average molecular weight is 276 g/mol. The number of rotatable bonds is 11. The summed E-state index contributed by atoms with van der Waals surface area (Å²) in [5, 5.41) is 3.68. The van der Waals surface area contributed by atoms with Gasteiger partial charge in [0.2, 0.25) is 0 Å². The second-order valence-electron chi connectivity index (χ2n) is 6.47. The Labute approximate surface area is 120 Å². The zero-order chi connectivity index (χ0) is 13.9. The first kappa shape index (κ1) is 18.2. The molecule has 1 atom stereocenters. The molecule has 1 unspecified atom stereocenters. The Hall–Kier alpha value is 0.250. The standard InChI is InChI=1S/C16H34ClN/c1-5-6-7-8-9-10-11-14-18-15(12-13-17)16(2,3)4/h15,18H,5-14H2,1-4H3. The molecule has 0 heterocycles. The summed E-state index contributed by atoms with van der Waals surface area (Å²) in [7, 11) is 0. The molecule has 0 fully saturated rings. The van der Waals surface area contributed by atoms with Crippen LogP contribution in [0.15, 0.2) is 0 Å². The number of unbranched alkanes of at least 4 members (excludes halogenated alkanes) is 6. The maximum atomic E-state index is 5.87. The monoisotopic (exact) mass is 275 g/mol. The predicted molar refractivity (Wildman–Crippen MR) is 84.6 cm³/mol. The minimum absolute atomic E-state index is 0.315. The highest BCUT2D eigenvalue weighted by atomic mass is 35.5. The molecule has 1 nitrogen and oxygen atoms in total. The SMILES string of the molecule is CCCCCCCCCNC(CCCl)C(C)(C)C. The van der Waals surface area contributed by atoms with Crippen molar-refractivity contribution in [2.24, 2.45) is 5.41 Å². The number of hydrogen-bond donors (Lipinski definition) is 1. The molecule has 2 heteroatoms. The van der Waals surface area contributed by atoms with Crippen LogP contribution < -0.4 is 5.32 Å². The molecular weight excluding hydrogens is 242 g/mol. The van der Waals surface area contributed by atoms with Gasteiger partial charge in [0.25, 0.3) is 0 Å². The zero-order valence-corrected chi connectivity index (χ0v) is 13.8. The van der Waals surface area contributed by atoms with Crippen molar-refractivity contribution in [1.82, 2.24) is 5.32 Å². The third-order valence-corrected chi connectivity index (χ3v) is 3.83. The number of nitrogens with one attached hydrogen (secondary N) is 1. The Kier molecular flexibility index (Phi) is 11.3. The third-order valence-electron chi connectivity index (χ3n) is 3.61. The van der Waals surface area contributed by atoms with E-state index in [2.05, 4.69) is 33.0 Å². The van der Waals surface area contributed by atoms with Crippen molar-refractivity contribution in [3.05, 3.63) is 0 Å². The van der Waals surface area contributed by atoms with Crippen LogP contribution in [-0.2, 0) is 0 Å². The lowest BCUT2D eigenvalue weighted by Crippen LogP contribution is -2.41. The summed E-state index contributed by atoms with van der Waals surface area (Å²) >= 11 is 5.87. The smallest absolute Gasteiger partial charge is 0.0238 e. The van der Waals surface area contributed by atoms with Crippen LogP contribution in [0.2, 0.25) is 0 Å². The molecule has 0 rings (SSSR count). The quantitative estimate of drug-likeness (QED) is 0.395. The molecule has 110 valence electrons. The van der Waals surface area contributed by atoms with E-state index in [1.54, 1.807) is 0 Å². The Bertz CT molecular complexity index is 174. The molecule has 0 saturated carbocycles. The van der Waals surface area contributed by atoms with E-state index in [0.29, 0.717) is 11.5 Å². The molecule has 0 radical (unpaired) electrons. The molecule has 18 heavy (non-hydrogen) atoms. The highest BCUT2D eigenvalue weighted by Gasteiger charge is 2.22. The Balaban J connectivity index is 3.50. The lowest BCUT2D eigenvalue weighted by molar-refractivity contribution is 0.261. The number of halogens is 1. The molecule has 0 amide bonds. The van der Waals surface area contributed by atoms with Crippen LogP contribution in [0.1, 0.15) is 79.1 Å². The molecule has 0 aliphatic rings. The maximum Gasteiger partial charge on any atom is 0.0238 e. The topological polar surface area (TPSA) is 12.0 Å². The summed E-state index contributed by atoms with van der Waals surface area (Å²) in [6.45, 7) is 10.3. The van der Waals surface area contributed by atoms with Gasteiger partial charge in [0.1, 0.15) is 0 Å². The predicted octanol–water partition coefficient (Wildman–Crippen LogP) is 5.37. The lowest BCUT2D eigenvalue weighted by atomic mass is 9.85. The summed E-state index contributed by atoms with van der Waals surface area (Å²) < 4.78 is 0. The van der Waals surface area contributed by atoms with Crippen LogP contribution in [0.3, 0.4) is 0 Å². The van der Waals surface area contributed by atoms with E-state index in [1.165, 1.54) is 44.9 Å². The second-order valence-corrected chi connectivity index (χ2v) is 6.85. The fourth-order valence-electron chi connectivity index (χ4n) is 2.31. The molecule has 0 aromatic heterocycles. The largest absolute Gasteiger partial charge is 0.313 e. The van der Waals surface area contributed by atoms with Gasteiger partial charge < -0.3 is 5.32 Å². The van der Waals surface area contributed by atoms with Crippen molar-refractivity contribution in [2.75, 3.05) is 12.4 Å². The molecule has 0 bridgehead atoms. The van der Waals surface area contributed by atoms with Crippen LogP contribution >= 0.6 is 11.6 Å².